The molecule has 2 heterocycles. The first-order valence-corrected chi connectivity index (χ1v) is 11.8. The molecule has 2 aliphatic rings. The van der Waals surface area contributed by atoms with Gasteiger partial charge in [-0.3, -0.25) is 14.5 Å². The van der Waals surface area contributed by atoms with Crippen molar-refractivity contribution < 1.29 is 14.4 Å². The summed E-state index contributed by atoms with van der Waals surface area (Å²) < 4.78 is 2.13. The van der Waals surface area contributed by atoms with Gasteiger partial charge in [-0.1, -0.05) is 54.6 Å². The summed E-state index contributed by atoms with van der Waals surface area (Å²) in [5, 5.41) is 2.93. The van der Waals surface area contributed by atoms with Crippen LogP contribution >= 0.6 is 0 Å². The van der Waals surface area contributed by atoms with E-state index in [0.717, 1.165) is 45.8 Å². The summed E-state index contributed by atoms with van der Waals surface area (Å²) in [6.45, 7) is 5.74. The normalized spacial score (nSPS) is 20.4. The molecule has 1 saturated heterocycles. The SMILES string of the molecule is Cc1cc(C(=O)CN2C(=O)NC3(CCCc4ccccc43)C2=O)c(C)n1C(C)c1ccccc1. The van der Waals surface area contributed by atoms with Gasteiger partial charge in [0, 0.05) is 17.0 Å². The third kappa shape index (κ3) is 3.36. The number of fused-ring (bicyclic) bond motifs is 2. The van der Waals surface area contributed by atoms with Crippen molar-refractivity contribution in [1.82, 2.24) is 14.8 Å². The Morgan fingerprint density at radius 3 is 2.53 bits per heavy atom. The van der Waals surface area contributed by atoms with Crippen LogP contribution in [0, 0.1) is 13.8 Å². The van der Waals surface area contributed by atoms with Gasteiger partial charge in [0.15, 0.2) is 5.78 Å². The number of nitrogens with zero attached hydrogens (tertiary/aromatic N) is 2. The Morgan fingerprint density at radius 2 is 1.76 bits per heavy atom. The minimum Gasteiger partial charge on any atom is -0.341 e. The maximum absolute atomic E-state index is 13.6. The zero-order valence-electron chi connectivity index (χ0n) is 19.8. The van der Waals surface area contributed by atoms with E-state index in [4.69, 9.17) is 0 Å². The summed E-state index contributed by atoms with van der Waals surface area (Å²) in [5.74, 6) is -0.561. The number of rotatable bonds is 5. The molecule has 2 aromatic carbocycles. The molecule has 2 unspecified atom stereocenters. The summed E-state index contributed by atoms with van der Waals surface area (Å²) in [7, 11) is 0. The molecule has 3 amide bonds. The molecule has 174 valence electrons. The molecule has 34 heavy (non-hydrogen) atoms. The highest BCUT2D eigenvalue weighted by Gasteiger charge is 2.54. The number of benzene rings is 2. The lowest BCUT2D eigenvalue weighted by molar-refractivity contribution is -0.131. The van der Waals surface area contributed by atoms with Crippen LogP contribution in [0.25, 0.3) is 0 Å². The number of urea groups is 1. The van der Waals surface area contributed by atoms with Gasteiger partial charge in [0.1, 0.15) is 5.54 Å². The second-order valence-corrected chi connectivity index (χ2v) is 9.40. The molecule has 0 saturated carbocycles. The van der Waals surface area contributed by atoms with E-state index >= 15 is 0 Å². The van der Waals surface area contributed by atoms with Crippen molar-refractivity contribution >= 4 is 17.7 Å². The van der Waals surface area contributed by atoms with E-state index in [0.29, 0.717) is 12.0 Å². The molecule has 1 aliphatic carbocycles. The fraction of sp³-hybridized carbons (Fsp3) is 0.321. The van der Waals surface area contributed by atoms with E-state index in [-0.39, 0.29) is 24.3 Å². The van der Waals surface area contributed by atoms with Crippen molar-refractivity contribution in [3.8, 4) is 0 Å². The van der Waals surface area contributed by atoms with Gasteiger partial charge in [-0.2, -0.15) is 0 Å². The molecule has 0 radical (unpaired) electrons. The lowest BCUT2D eigenvalue weighted by Crippen LogP contribution is -2.46. The zero-order chi connectivity index (χ0) is 24.0. The molecule has 0 bridgehead atoms. The molecule has 6 heteroatoms. The van der Waals surface area contributed by atoms with Gasteiger partial charge in [0.25, 0.3) is 5.91 Å². The number of carbonyl (C=O) groups is 3. The van der Waals surface area contributed by atoms with Gasteiger partial charge >= 0.3 is 6.03 Å². The minimum atomic E-state index is -1.06. The van der Waals surface area contributed by atoms with Crippen LogP contribution in [0.1, 0.15) is 64.2 Å². The van der Waals surface area contributed by atoms with Crippen LogP contribution in [0.5, 0.6) is 0 Å². The third-order valence-corrected chi connectivity index (χ3v) is 7.41. The summed E-state index contributed by atoms with van der Waals surface area (Å²) in [4.78, 5) is 40.9. The maximum Gasteiger partial charge on any atom is 0.325 e. The second-order valence-electron chi connectivity index (χ2n) is 9.40. The van der Waals surface area contributed by atoms with Crippen LogP contribution < -0.4 is 5.32 Å². The van der Waals surface area contributed by atoms with Gasteiger partial charge < -0.3 is 9.88 Å². The van der Waals surface area contributed by atoms with E-state index < -0.39 is 11.6 Å². The van der Waals surface area contributed by atoms with Gasteiger partial charge in [-0.25, -0.2) is 4.79 Å². The predicted octanol–water partition coefficient (Wildman–Crippen LogP) is 4.68. The summed E-state index contributed by atoms with van der Waals surface area (Å²) in [5.41, 5.74) is 4.36. The molecule has 3 aromatic rings. The Labute approximate surface area is 199 Å². The second kappa shape index (κ2) is 8.28. The molecule has 1 N–H and O–H groups in total. The first-order chi connectivity index (χ1) is 16.3. The standard InChI is InChI=1S/C28H29N3O3/c1-18-16-23(20(3)31(18)19(2)21-10-5-4-6-11-21)25(32)17-30-26(33)28(29-27(30)34)15-9-13-22-12-7-8-14-24(22)28/h4-8,10-12,14,16,19H,9,13,15,17H2,1-3H3,(H,29,34). The number of imide groups is 1. The predicted molar refractivity (Wildman–Crippen MR) is 130 cm³/mol. The third-order valence-electron chi connectivity index (χ3n) is 7.41. The Kier molecular flexibility index (Phi) is 5.39. The van der Waals surface area contributed by atoms with E-state index in [1.165, 1.54) is 0 Å². The molecule has 6 nitrogen and oxygen atoms in total. The number of aryl methyl sites for hydroxylation is 2. The molecule has 1 aliphatic heterocycles. The molecule has 1 spiro atoms. The van der Waals surface area contributed by atoms with E-state index in [1.54, 1.807) is 0 Å². The highest BCUT2D eigenvalue weighted by atomic mass is 16.2. The minimum absolute atomic E-state index is 0.0569. The van der Waals surface area contributed by atoms with E-state index in [2.05, 4.69) is 28.9 Å². The first-order valence-electron chi connectivity index (χ1n) is 11.8. The lowest BCUT2D eigenvalue weighted by atomic mass is 9.76. The fourth-order valence-electron chi connectivity index (χ4n) is 5.72. The van der Waals surface area contributed by atoms with Crippen molar-refractivity contribution in [3.63, 3.8) is 0 Å². The Hall–Kier alpha value is -3.67. The van der Waals surface area contributed by atoms with Crippen LogP contribution in [0.3, 0.4) is 0 Å². The average Bonchev–Trinajstić information content (AvgIpc) is 3.27. The van der Waals surface area contributed by atoms with Crippen LogP contribution in [0.15, 0.2) is 60.7 Å². The Balaban J connectivity index is 1.42. The van der Waals surface area contributed by atoms with Gasteiger partial charge in [-0.15, -0.1) is 0 Å². The Morgan fingerprint density at radius 1 is 1.06 bits per heavy atom. The number of hydrogen-bond acceptors (Lipinski definition) is 3. The van der Waals surface area contributed by atoms with Gasteiger partial charge in [0.05, 0.1) is 12.6 Å². The van der Waals surface area contributed by atoms with Crippen molar-refractivity contribution in [2.45, 2.75) is 51.6 Å². The van der Waals surface area contributed by atoms with Crippen molar-refractivity contribution in [3.05, 3.63) is 94.3 Å². The summed E-state index contributed by atoms with van der Waals surface area (Å²) in [6, 6.07) is 19.3. The number of hydrogen-bond donors (Lipinski definition) is 1. The topological polar surface area (TPSA) is 71.4 Å². The number of aromatic nitrogens is 1. The van der Waals surface area contributed by atoms with Crippen molar-refractivity contribution in [2.75, 3.05) is 6.54 Å². The van der Waals surface area contributed by atoms with Crippen LogP contribution in [-0.4, -0.2) is 33.7 Å². The largest absolute Gasteiger partial charge is 0.341 e. The molecular weight excluding hydrogens is 426 g/mol. The summed E-state index contributed by atoms with van der Waals surface area (Å²) >= 11 is 0. The number of Topliss-reactive ketones (excluding diaryl/α,β-unsaturated/α-hetero) is 1. The number of ketones is 1. The Bertz CT molecular complexity index is 1290. The van der Waals surface area contributed by atoms with E-state index in [9.17, 15) is 14.4 Å². The molecule has 1 aromatic heterocycles. The number of carbonyl (C=O) groups excluding carboxylic acids is 3. The maximum atomic E-state index is 13.6. The zero-order valence-corrected chi connectivity index (χ0v) is 19.8. The van der Waals surface area contributed by atoms with Crippen LogP contribution in [0.2, 0.25) is 0 Å². The number of amides is 3. The number of nitrogens with one attached hydrogen (secondary N) is 1. The highest BCUT2D eigenvalue weighted by molar-refractivity contribution is 6.12. The quantitative estimate of drug-likeness (QED) is 0.449. The van der Waals surface area contributed by atoms with Crippen LogP contribution in [-0.2, 0) is 16.8 Å². The first kappa shape index (κ1) is 22.1. The van der Waals surface area contributed by atoms with E-state index in [1.807, 2.05) is 62.4 Å². The van der Waals surface area contributed by atoms with Gasteiger partial charge in [0.2, 0.25) is 0 Å². The molecule has 2 atom stereocenters. The van der Waals surface area contributed by atoms with Crippen molar-refractivity contribution in [1.29, 1.82) is 0 Å². The van der Waals surface area contributed by atoms with Crippen LogP contribution in [0.4, 0.5) is 4.79 Å². The molecule has 5 rings (SSSR count). The fourth-order valence-corrected chi connectivity index (χ4v) is 5.72. The van der Waals surface area contributed by atoms with Crippen molar-refractivity contribution in [2.24, 2.45) is 0 Å². The monoisotopic (exact) mass is 455 g/mol. The smallest absolute Gasteiger partial charge is 0.325 e. The highest BCUT2D eigenvalue weighted by Crippen LogP contribution is 2.40. The summed E-state index contributed by atoms with van der Waals surface area (Å²) in [6.07, 6.45) is 2.23. The lowest BCUT2D eigenvalue weighted by Gasteiger charge is -2.33. The average molecular weight is 456 g/mol. The molecular formula is C28H29N3O3. The van der Waals surface area contributed by atoms with Gasteiger partial charge in [-0.05, 0) is 62.8 Å². The molecule has 1 fully saturated rings.